The predicted octanol–water partition coefficient (Wildman–Crippen LogP) is 3.19. The Morgan fingerprint density at radius 1 is 0.944 bits per heavy atom. The molecular weight excluding hydrogens is 241 g/mol. The Bertz CT molecular complexity index is 609. The van der Waals surface area contributed by atoms with Gasteiger partial charge >= 0.3 is 6.18 Å². The van der Waals surface area contributed by atoms with Crippen LogP contribution in [0.2, 0.25) is 0 Å². The minimum Gasteiger partial charge on any atom is -0.336 e. The number of hydrogen-bond donors (Lipinski definition) is 1. The molecule has 2 rings (SSSR count). The van der Waals surface area contributed by atoms with Crippen molar-refractivity contribution in [1.82, 2.24) is 4.57 Å². The van der Waals surface area contributed by atoms with Gasteiger partial charge in [-0.05, 0) is 35.4 Å². The van der Waals surface area contributed by atoms with Gasteiger partial charge in [-0.15, -0.1) is 0 Å². The van der Waals surface area contributed by atoms with Crippen LogP contribution >= 0.6 is 0 Å². The lowest BCUT2D eigenvalue weighted by atomic mass is 10.1. The molecule has 0 aliphatic carbocycles. The summed E-state index contributed by atoms with van der Waals surface area (Å²) in [5.41, 5.74) is 1.15. The van der Waals surface area contributed by atoms with Crippen LogP contribution in [-0.2, 0) is 13.2 Å². The van der Waals surface area contributed by atoms with Crippen molar-refractivity contribution < 1.29 is 13.2 Å². The molecule has 2 nitrogen and oxygen atoms in total. The van der Waals surface area contributed by atoms with Crippen LogP contribution in [0.25, 0.3) is 11.1 Å². The SMILES string of the molecule is Cn1cc(-c2ccc(C(F)(F)F)cc2)ccc1=N. The molecule has 0 amide bonds. The maximum absolute atomic E-state index is 12.4. The van der Waals surface area contributed by atoms with Gasteiger partial charge in [0.05, 0.1) is 5.56 Å². The molecule has 0 atom stereocenters. The molecule has 0 bridgehead atoms. The fourth-order valence-electron chi connectivity index (χ4n) is 1.63. The van der Waals surface area contributed by atoms with Crippen molar-refractivity contribution in [2.45, 2.75) is 6.18 Å². The van der Waals surface area contributed by atoms with Crippen molar-refractivity contribution in [3.05, 3.63) is 53.6 Å². The van der Waals surface area contributed by atoms with Crippen LogP contribution in [0.15, 0.2) is 42.6 Å². The summed E-state index contributed by atoms with van der Waals surface area (Å²) in [6.07, 6.45) is -2.60. The molecule has 0 saturated heterocycles. The zero-order valence-corrected chi connectivity index (χ0v) is 9.62. The quantitative estimate of drug-likeness (QED) is 0.807. The van der Waals surface area contributed by atoms with Gasteiger partial charge in [-0.2, -0.15) is 13.2 Å². The zero-order valence-electron chi connectivity index (χ0n) is 9.62. The number of aryl methyl sites for hydroxylation is 1. The van der Waals surface area contributed by atoms with Gasteiger partial charge in [-0.25, -0.2) is 0 Å². The Morgan fingerprint density at radius 3 is 2.00 bits per heavy atom. The highest BCUT2D eigenvalue weighted by atomic mass is 19.4. The average Bonchev–Trinajstić information content (AvgIpc) is 2.32. The average molecular weight is 252 g/mol. The molecule has 0 saturated carbocycles. The van der Waals surface area contributed by atoms with E-state index in [-0.39, 0.29) is 0 Å². The van der Waals surface area contributed by atoms with E-state index in [1.54, 1.807) is 29.9 Å². The van der Waals surface area contributed by atoms with Gasteiger partial charge in [0.15, 0.2) is 0 Å². The predicted molar refractivity (Wildman–Crippen MR) is 61.7 cm³/mol. The van der Waals surface area contributed by atoms with Gasteiger partial charge < -0.3 is 4.57 Å². The lowest BCUT2D eigenvalue weighted by molar-refractivity contribution is -0.137. The number of alkyl halides is 3. The third-order valence-corrected chi connectivity index (χ3v) is 2.68. The maximum atomic E-state index is 12.4. The molecule has 1 aromatic heterocycles. The molecule has 0 fully saturated rings. The standard InChI is InChI=1S/C13H11F3N2/c1-18-8-10(4-7-12(18)17)9-2-5-11(6-3-9)13(14,15)16/h2-8,17H,1H3. The van der Waals surface area contributed by atoms with Gasteiger partial charge in [0.25, 0.3) is 0 Å². The molecule has 94 valence electrons. The summed E-state index contributed by atoms with van der Waals surface area (Å²) >= 11 is 0. The van der Waals surface area contributed by atoms with E-state index in [4.69, 9.17) is 5.41 Å². The largest absolute Gasteiger partial charge is 0.416 e. The molecule has 0 unspecified atom stereocenters. The summed E-state index contributed by atoms with van der Waals surface area (Å²) in [4.78, 5) is 0. The lowest BCUT2D eigenvalue weighted by Gasteiger charge is -2.08. The topological polar surface area (TPSA) is 28.8 Å². The lowest BCUT2D eigenvalue weighted by Crippen LogP contribution is -2.14. The highest BCUT2D eigenvalue weighted by Gasteiger charge is 2.29. The normalized spacial score (nSPS) is 11.6. The minimum absolute atomic E-state index is 0.339. The molecule has 18 heavy (non-hydrogen) atoms. The maximum Gasteiger partial charge on any atom is 0.416 e. The van der Waals surface area contributed by atoms with E-state index in [2.05, 4.69) is 0 Å². The first-order chi connectivity index (χ1) is 8.38. The Labute approximate surface area is 102 Å². The second kappa shape index (κ2) is 4.33. The fourth-order valence-corrected chi connectivity index (χ4v) is 1.63. The molecule has 0 aliphatic rings. The number of halogens is 3. The number of nitrogens with zero attached hydrogens (tertiary/aromatic N) is 1. The second-order valence-electron chi connectivity index (χ2n) is 3.99. The van der Waals surface area contributed by atoms with Crippen molar-refractivity contribution in [3.63, 3.8) is 0 Å². The Hall–Kier alpha value is -2.04. The summed E-state index contributed by atoms with van der Waals surface area (Å²) in [5.74, 6) is 0. The van der Waals surface area contributed by atoms with E-state index < -0.39 is 11.7 Å². The van der Waals surface area contributed by atoms with Gasteiger partial charge in [-0.1, -0.05) is 12.1 Å². The van der Waals surface area contributed by atoms with Crippen LogP contribution in [0.3, 0.4) is 0 Å². The third kappa shape index (κ3) is 2.45. The summed E-state index contributed by atoms with van der Waals surface area (Å²) in [7, 11) is 1.72. The summed E-state index contributed by atoms with van der Waals surface area (Å²) in [6, 6.07) is 8.30. The van der Waals surface area contributed by atoms with Crippen molar-refractivity contribution >= 4 is 0 Å². The zero-order chi connectivity index (χ0) is 13.3. The van der Waals surface area contributed by atoms with Crippen LogP contribution in [-0.4, -0.2) is 4.57 Å². The van der Waals surface area contributed by atoms with E-state index in [1.165, 1.54) is 12.1 Å². The molecule has 0 radical (unpaired) electrons. The number of aromatic nitrogens is 1. The van der Waals surface area contributed by atoms with Crippen molar-refractivity contribution in [1.29, 1.82) is 5.41 Å². The minimum atomic E-state index is -4.31. The van der Waals surface area contributed by atoms with Crippen LogP contribution in [0.1, 0.15) is 5.56 Å². The van der Waals surface area contributed by atoms with Crippen LogP contribution < -0.4 is 5.49 Å². The number of nitrogens with one attached hydrogen (secondary N) is 1. The summed E-state index contributed by atoms with van der Waals surface area (Å²) in [5, 5.41) is 7.51. The number of benzene rings is 1. The molecule has 1 N–H and O–H groups in total. The number of rotatable bonds is 1. The van der Waals surface area contributed by atoms with Gasteiger partial charge in [-0.3, -0.25) is 5.41 Å². The molecule has 1 aromatic carbocycles. The Morgan fingerprint density at radius 2 is 1.50 bits per heavy atom. The third-order valence-electron chi connectivity index (χ3n) is 2.68. The van der Waals surface area contributed by atoms with Crippen LogP contribution in [0.4, 0.5) is 13.2 Å². The van der Waals surface area contributed by atoms with Crippen LogP contribution in [0, 0.1) is 5.41 Å². The van der Waals surface area contributed by atoms with E-state index in [1.807, 2.05) is 0 Å². The van der Waals surface area contributed by atoms with Gasteiger partial charge in [0.2, 0.25) is 0 Å². The van der Waals surface area contributed by atoms with E-state index in [0.717, 1.165) is 17.7 Å². The highest BCUT2D eigenvalue weighted by molar-refractivity contribution is 5.62. The monoisotopic (exact) mass is 252 g/mol. The summed E-state index contributed by atoms with van der Waals surface area (Å²) < 4.78 is 38.8. The van der Waals surface area contributed by atoms with Crippen molar-refractivity contribution in [2.75, 3.05) is 0 Å². The first-order valence-corrected chi connectivity index (χ1v) is 5.27. The molecule has 0 spiro atoms. The van der Waals surface area contributed by atoms with E-state index >= 15 is 0 Å². The van der Waals surface area contributed by atoms with Gasteiger partial charge in [0.1, 0.15) is 5.49 Å². The smallest absolute Gasteiger partial charge is 0.336 e. The van der Waals surface area contributed by atoms with Crippen LogP contribution in [0.5, 0.6) is 0 Å². The van der Waals surface area contributed by atoms with E-state index in [9.17, 15) is 13.2 Å². The molecule has 1 heterocycles. The van der Waals surface area contributed by atoms with Crippen molar-refractivity contribution in [2.24, 2.45) is 7.05 Å². The van der Waals surface area contributed by atoms with E-state index in [0.29, 0.717) is 11.1 Å². The first-order valence-electron chi connectivity index (χ1n) is 5.27. The molecule has 2 aromatic rings. The van der Waals surface area contributed by atoms with Gasteiger partial charge in [0, 0.05) is 13.2 Å². The number of pyridine rings is 1. The fraction of sp³-hybridized carbons (Fsp3) is 0.154. The Balaban J connectivity index is 2.40. The number of hydrogen-bond acceptors (Lipinski definition) is 1. The molecule has 0 aliphatic heterocycles. The second-order valence-corrected chi connectivity index (χ2v) is 3.99. The summed E-state index contributed by atoms with van der Waals surface area (Å²) in [6.45, 7) is 0. The Kier molecular flexibility index (Phi) is 2.98. The molecular formula is C13H11F3N2. The molecule has 5 heteroatoms. The first kappa shape index (κ1) is 12.4. The van der Waals surface area contributed by atoms with Crippen molar-refractivity contribution in [3.8, 4) is 11.1 Å². The highest BCUT2D eigenvalue weighted by Crippen LogP contribution is 2.30.